The maximum atomic E-state index is 13.4. The monoisotopic (exact) mass is 267 g/mol. The Kier molecular flexibility index (Phi) is 3.64. The van der Waals surface area contributed by atoms with Crippen LogP contribution in [0, 0.1) is 18.6 Å². The van der Waals surface area contributed by atoms with Crippen LogP contribution < -0.4 is 5.73 Å². The molecule has 0 aliphatic rings. The van der Waals surface area contributed by atoms with Crippen molar-refractivity contribution < 1.29 is 8.78 Å². The Morgan fingerprint density at radius 2 is 1.83 bits per heavy atom. The van der Waals surface area contributed by atoms with Gasteiger partial charge < -0.3 is 5.73 Å². The molecule has 18 heavy (non-hydrogen) atoms. The van der Waals surface area contributed by atoms with Gasteiger partial charge in [-0.1, -0.05) is 17.7 Å². The molecule has 0 amide bonds. The van der Waals surface area contributed by atoms with Gasteiger partial charge in [0.15, 0.2) is 0 Å². The highest BCUT2D eigenvalue weighted by Crippen LogP contribution is 2.31. The summed E-state index contributed by atoms with van der Waals surface area (Å²) in [6.45, 7) is 1.76. The molecule has 4 heteroatoms. The van der Waals surface area contributed by atoms with Gasteiger partial charge in [-0.25, -0.2) is 8.78 Å². The van der Waals surface area contributed by atoms with Crippen molar-refractivity contribution in [3.05, 3.63) is 58.1 Å². The number of halogens is 3. The summed E-state index contributed by atoms with van der Waals surface area (Å²) < 4.78 is 26.7. The molecule has 2 aromatic rings. The van der Waals surface area contributed by atoms with Gasteiger partial charge in [-0.05, 0) is 42.3 Å². The van der Waals surface area contributed by atoms with Gasteiger partial charge in [0.05, 0.1) is 5.02 Å². The zero-order valence-electron chi connectivity index (χ0n) is 9.81. The molecule has 0 bridgehead atoms. The van der Waals surface area contributed by atoms with Gasteiger partial charge in [-0.2, -0.15) is 0 Å². The molecule has 0 fully saturated rings. The Morgan fingerprint density at radius 3 is 2.50 bits per heavy atom. The van der Waals surface area contributed by atoms with E-state index in [0.29, 0.717) is 21.7 Å². The van der Waals surface area contributed by atoms with Crippen molar-refractivity contribution in [3.8, 4) is 11.1 Å². The molecule has 2 aromatic carbocycles. The molecule has 94 valence electrons. The minimum atomic E-state index is -0.357. The molecule has 0 saturated carbocycles. The molecular weight excluding hydrogens is 256 g/mol. The standard InChI is InChI=1S/C14H12ClF2N/c1-8-4-11(12(15)6-14(8)17)9-2-3-13(16)10(5-9)7-18/h2-6H,7,18H2,1H3. The minimum absolute atomic E-state index is 0.109. The third kappa shape index (κ3) is 2.37. The molecule has 0 radical (unpaired) electrons. The van der Waals surface area contributed by atoms with Crippen LogP contribution in [0.25, 0.3) is 11.1 Å². The van der Waals surface area contributed by atoms with E-state index in [9.17, 15) is 8.78 Å². The number of hydrogen-bond donors (Lipinski definition) is 1. The smallest absolute Gasteiger partial charge is 0.127 e. The Bertz CT molecular complexity index is 597. The van der Waals surface area contributed by atoms with E-state index in [2.05, 4.69) is 0 Å². The van der Waals surface area contributed by atoms with Gasteiger partial charge in [-0.3, -0.25) is 0 Å². The van der Waals surface area contributed by atoms with Crippen LogP contribution in [0.1, 0.15) is 11.1 Å². The SMILES string of the molecule is Cc1cc(-c2ccc(F)c(CN)c2)c(Cl)cc1F. The Hall–Kier alpha value is -1.45. The van der Waals surface area contributed by atoms with E-state index in [1.54, 1.807) is 25.1 Å². The molecular formula is C14H12ClF2N. The van der Waals surface area contributed by atoms with Crippen LogP contribution in [-0.2, 0) is 6.54 Å². The Labute approximate surface area is 109 Å². The predicted octanol–water partition coefficient (Wildman–Crippen LogP) is 4.05. The summed E-state index contributed by atoms with van der Waals surface area (Å²) in [7, 11) is 0. The van der Waals surface area contributed by atoms with Crippen molar-refractivity contribution >= 4 is 11.6 Å². The second kappa shape index (κ2) is 5.04. The molecule has 0 aliphatic heterocycles. The normalized spacial score (nSPS) is 10.7. The van der Waals surface area contributed by atoms with Crippen LogP contribution in [-0.4, -0.2) is 0 Å². The third-order valence-corrected chi connectivity index (χ3v) is 3.14. The molecule has 0 spiro atoms. The Balaban J connectivity index is 2.58. The summed E-state index contributed by atoms with van der Waals surface area (Å²) in [5.74, 6) is -0.707. The molecule has 2 rings (SSSR count). The summed E-state index contributed by atoms with van der Waals surface area (Å²) in [4.78, 5) is 0. The molecule has 0 heterocycles. The van der Waals surface area contributed by atoms with Crippen molar-refractivity contribution in [3.63, 3.8) is 0 Å². The number of rotatable bonds is 2. The van der Waals surface area contributed by atoms with Crippen LogP contribution in [0.4, 0.5) is 8.78 Å². The van der Waals surface area contributed by atoms with Gasteiger partial charge in [0.1, 0.15) is 11.6 Å². The maximum absolute atomic E-state index is 13.4. The summed E-state index contributed by atoms with van der Waals surface area (Å²) in [5, 5.41) is 0.299. The summed E-state index contributed by atoms with van der Waals surface area (Å²) in [5.41, 5.74) is 7.76. The highest BCUT2D eigenvalue weighted by Gasteiger charge is 2.10. The molecule has 0 aliphatic carbocycles. The van der Waals surface area contributed by atoms with Crippen molar-refractivity contribution in [2.24, 2.45) is 5.73 Å². The van der Waals surface area contributed by atoms with E-state index in [-0.39, 0.29) is 18.2 Å². The van der Waals surface area contributed by atoms with Gasteiger partial charge >= 0.3 is 0 Å². The number of nitrogens with two attached hydrogens (primary N) is 1. The number of benzene rings is 2. The minimum Gasteiger partial charge on any atom is -0.326 e. The van der Waals surface area contributed by atoms with E-state index in [4.69, 9.17) is 17.3 Å². The fourth-order valence-corrected chi connectivity index (χ4v) is 2.04. The zero-order valence-corrected chi connectivity index (χ0v) is 10.6. The van der Waals surface area contributed by atoms with Gasteiger partial charge in [0.25, 0.3) is 0 Å². The van der Waals surface area contributed by atoms with Crippen LogP contribution in [0.3, 0.4) is 0 Å². The summed E-state index contributed by atoms with van der Waals surface area (Å²) in [6, 6.07) is 7.48. The lowest BCUT2D eigenvalue weighted by Crippen LogP contribution is -2.00. The summed E-state index contributed by atoms with van der Waals surface area (Å²) in [6.07, 6.45) is 0. The fraction of sp³-hybridized carbons (Fsp3) is 0.143. The van der Waals surface area contributed by atoms with E-state index < -0.39 is 0 Å². The Morgan fingerprint density at radius 1 is 1.11 bits per heavy atom. The fourth-order valence-electron chi connectivity index (χ4n) is 1.78. The second-order valence-corrected chi connectivity index (χ2v) is 4.50. The van der Waals surface area contributed by atoms with E-state index in [0.717, 1.165) is 5.56 Å². The summed E-state index contributed by atoms with van der Waals surface area (Å²) >= 11 is 6.01. The lowest BCUT2D eigenvalue weighted by molar-refractivity contribution is 0.610. The first-order valence-electron chi connectivity index (χ1n) is 5.47. The molecule has 0 saturated heterocycles. The van der Waals surface area contributed by atoms with Crippen LogP contribution in [0.15, 0.2) is 30.3 Å². The first kappa shape index (κ1) is 13.0. The first-order chi connectivity index (χ1) is 8.52. The number of aryl methyl sites for hydroxylation is 1. The maximum Gasteiger partial charge on any atom is 0.127 e. The third-order valence-electron chi connectivity index (χ3n) is 2.82. The van der Waals surface area contributed by atoms with E-state index >= 15 is 0 Å². The van der Waals surface area contributed by atoms with Crippen molar-refractivity contribution in [1.82, 2.24) is 0 Å². The highest BCUT2D eigenvalue weighted by molar-refractivity contribution is 6.33. The van der Waals surface area contributed by atoms with Gasteiger partial charge in [0, 0.05) is 17.7 Å². The van der Waals surface area contributed by atoms with Crippen LogP contribution >= 0.6 is 11.6 Å². The zero-order chi connectivity index (χ0) is 13.3. The van der Waals surface area contributed by atoms with Gasteiger partial charge in [-0.15, -0.1) is 0 Å². The van der Waals surface area contributed by atoms with Gasteiger partial charge in [0.2, 0.25) is 0 Å². The quantitative estimate of drug-likeness (QED) is 0.873. The van der Waals surface area contributed by atoms with E-state index in [1.807, 2.05) is 0 Å². The highest BCUT2D eigenvalue weighted by atomic mass is 35.5. The van der Waals surface area contributed by atoms with Crippen molar-refractivity contribution in [1.29, 1.82) is 0 Å². The molecule has 1 nitrogen and oxygen atoms in total. The molecule has 0 atom stereocenters. The van der Waals surface area contributed by atoms with E-state index in [1.165, 1.54) is 12.1 Å². The van der Waals surface area contributed by atoms with Crippen molar-refractivity contribution in [2.75, 3.05) is 0 Å². The first-order valence-corrected chi connectivity index (χ1v) is 5.85. The van der Waals surface area contributed by atoms with Crippen LogP contribution in [0.5, 0.6) is 0 Å². The second-order valence-electron chi connectivity index (χ2n) is 4.09. The van der Waals surface area contributed by atoms with Crippen molar-refractivity contribution in [2.45, 2.75) is 13.5 Å². The number of hydrogen-bond acceptors (Lipinski definition) is 1. The average molecular weight is 268 g/mol. The predicted molar refractivity (Wildman–Crippen MR) is 69.4 cm³/mol. The molecule has 2 N–H and O–H groups in total. The molecule has 0 aromatic heterocycles. The topological polar surface area (TPSA) is 26.0 Å². The lowest BCUT2D eigenvalue weighted by Gasteiger charge is -2.09. The largest absolute Gasteiger partial charge is 0.326 e. The lowest BCUT2D eigenvalue weighted by atomic mass is 10.0. The molecule has 0 unspecified atom stereocenters. The average Bonchev–Trinajstić information content (AvgIpc) is 2.35. The van der Waals surface area contributed by atoms with Crippen LogP contribution in [0.2, 0.25) is 5.02 Å².